The number of carbonyl (C=O) groups is 1. The van der Waals surface area contributed by atoms with Gasteiger partial charge in [-0.2, -0.15) is 0 Å². The molecule has 2 aromatic rings. The van der Waals surface area contributed by atoms with Crippen molar-refractivity contribution < 1.29 is 9.72 Å². The number of nitrogens with zero attached hydrogens (tertiary/aromatic N) is 2. The summed E-state index contributed by atoms with van der Waals surface area (Å²) in [6.45, 7) is 1.72. The molecule has 1 aliphatic heterocycles. The van der Waals surface area contributed by atoms with E-state index in [0.717, 1.165) is 30.9 Å². The first-order chi connectivity index (χ1) is 11.6. The average molecular weight is 324 g/mol. The zero-order valence-corrected chi connectivity index (χ0v) is 12.9. The molecule has 24 heavy (non-hydrogen) atoms. The molecule has 122 valence electrons. The van der Waals surface area contributed by atoms with Crippen molar-refractivity contribution in [2.45, 2.75) is 6.42 Å². The standard InChI is InChI=1S/C17H16N4O3/c22-17(13-3-1-4-15(11-13)21(23)24)20-14-7-5-12(6-8-14)16-18-9-2-10-19-16/h1,3-8,11H,2,9-10H2,(H,18,19)(H,20,22). The van der Waals surface area contributed by atoms with E-state index in [4.69, 9.17) is 0 Å². The minimum Gasteiger partial charge on any atom is -0.370 e. The number of nitro groups is 1. The second kappa shape index (κ2) is 6.91. The van der Waals surface area contributed by atoms with E-state index in [9.17, 15) is 14.9 Å². The SMILES string of the molecule is O=C(Nc1ccc(C2=NCCCN2)cc1)c1cccc([N+](=O)[O-])c1. The third kappa shape index (κ3) is 3.57. The van der Waals surface area contributed by atoms with Crippen molar-refractivity contribution in [3.8, 4) is 0 Å². The Balaban J connectivity index is 1.71. The number of carbonyl (C=O) groups excluding carboxylic acids is 1. The van der Waals surface area contributed by atoms with Crippen LogP contribution in [0.4, 0.5) is 11.4 Å². The largest absolute Gasteiger partial charge is 0.370 e. The van der Waals surface area contributed by atoms with Gasteiger partial charge in [-0.3, -0.25) is 19.9 Å². The average Bonchev–Trinajstić information content (AvgIpc) is 2.63. The molecule has 7 nitrogen and oxygen atoms in total. The lowest BCUT2D eigenvalue weighted by atomic mass is 10.1. The summed E-state index contributed by atoms with van der Waals surface area (Å²) >= 11 is 0. The molecule has 0 radical (unpaired) electrons. The summed E-state index contributed by atoms with van der Waals surface area (Å²) < 4.78 is 0. The molecule has 3 rings (SSSR count). The number of amidine groups is 1. The molecule has 0 aromatic heterocycles. The number of rotatable bonds is 4. The predicted molar refractivity (Wildman–Crippen MR) is 91.5 cm³/mol. The third-order valence-electron chi connectivity index (χ3n) is 3.63. The van der Waals surface area contributed by atoms with E-state index in [1.807, 2.05) is 12.1 Å². The number of hydrogen-bond donors (Lipinski definition) is 2. The minimum absolute atomic E-state index is 0.112. The lowest BCUT2D eigenvalue weighted by Gasteiger charge is -2.15. The Morgan fingerprint density at radius 2 is 2.00 bits per heavy atom. The van der Waals surface area contributed by atoms with Crippen LogP contribution in [-0.4, -0.2) is 29.8 Å². The Bertz CT molecular complexity index is 800. The summed E-state index contributed by atoms with van der Waals surface area (Å²) in [6, 6.07) is 12.9. The van der Waals surface area contributed by atoms with E-state index in [0.29, 0.717) is 5.69 Å². The Hall–Kier alpha value is -3.22. The minimum atomic E-state index is -0.524. The van der Waals surface area contributed by atoms with Crippen LogP contribution in [0.1, 0.15) is 22.3 Å². The van der Waals surface area contributed by atoms with Crippen LogP contribution >= 0.6 is 0 Å². The van der Waals surface area contributed by atoms with Gasteiger partial charge < -0.3 is 10.6 Å². The Morgan fingerprint density at radius 3 is 2.67 bits per heavy atom. The molecule has 0 saturated carbocycles. The second-order valence-corrected chi connectivity index (χ2v) is 5.35. The highest BCUT2D eigenvalue weighted by molar-refractivity contribution is 6.05. The molecular formula is C17H16N4O3. The molecule has 1 aliphatic rings. The van der Waals surface area contributed by atoms with Gasteiger partial charge in [0, 0.05) is 42.0 Å². The summed E-state index contributed by atoms with van der Waals surface area (Å²) in [5.74, 6) is 0.470. The molecule has 0 fully saturated rings. The number of non-ortho nitro benzene ring substituents is 1. The topological polar surface area (TPSA) is 96.6 Å². The van der Waals surface area contributed by atoms with Crippen molar-refractivity contribution in [3.63, 3.8) is 0 Å². The normalized spacial score (nSPS) is 13.6. The molecular weight excluding hydrogens is 308 g/mol. The van der Waals surface area contributed by atoms with Crippen molar-refractivity contribution in [2.24, 2.45) is 4.99 Å². The van der Waals surface area contributed by atoms with Crippen LogP contribution in [0.2, 0.25) is 0 Å². The zero-order valence-electron chi connectivity index (χ0n) is 12.9. The van der Waals surface area contributed by atoms with E-state index < -0.39 is 4.92 Å². The van der Waals surface area contributed by atoms with Gasteiger partial charge in [-0.25, -0.2) is 0 Å². The van der Waals surface area contributed by atoms with Gasteiger partial charge in [0.2, 0.25) is 0 Å². The van der Waals surface area contributed by atoms with Crippen LogP contribution in [0.5, 0.6) is 0 Å². The number of anilines is 1. The number of aliphatic imine (C=N–C) groups is 1. The summed E-state index contributed by atoms with van der Waals surface area (Å²) in [7, 11) is 0. The summed E-state index contributed by atoms with van der Waals surface area (Å²) in [5.41, 5.74) is 1.71. The van der Waals surface area contributed by atoms with E-state index in [1.165, 1.54) is 24.3 Å². The lowest BCUT2D eigenvalue weighted by molar-refractivity contribution is -0.384. The molecule has 0 bridgehead atoms. The summed E-state index contributed by atoms with van der Waals surface area (Å²) in [5, 5.41) is 16.7. The van der Waals surface area contributed by atoms with Gasteiger partial charge in [-0.05, 0) is 36.8 Å². The smallest absolute Gasteiger partial charge is 0.270 e. The fourth-order valence-corrected chi connectivity index (χ4v) is 2.40. The molecule has 0 unspecified atom stereocenters. The number of benzene rings is 2. The molecule has 7 heteroatoms. The molecule has 2 N–H and O–H groups in total. The third-order valence-corrected chi connectivity index (χ3v) is 3.63. The maximum atomic E-state index is 12.2. The van der Waals surface area contributed by atoms with Crippen LogP contribution in [0.25, 0.3) is 0 Å². The van der Waals surface area contributed by atoms with Crippen LogP contribution in [0, 0.1) is 10.1 Å². The Morgan fingerprint density at radius 1 is 1.21 bits per heavy atom. The molecule has 2 aromatic carbocycles. The maximum absolute atomic E-state index is 12.2. The molecule has 0 aliphatic carbocycles. The molecule has 1 amide bonds. The zero-order chi connectivity index (χ0) is 16.9. The quantitative estimate of drug-likeness (QED) is 0.667. The summed E-state index contributed by atoms with van der Waals surface area (Å²) in [6.07, 6.45) is 1.03. The van der Waals surface area contributed by atoms with Crippen LogP contribution in [-0.2, 0) is 0 Å². The number of amides is 1. The van der Waals surface area contributed by atoms with Crippen molar-refractivity contribution in [2.75, 3.05) is 18.4 Å². The first-order valence-corrected chi connectivity index (χ1v) is 7.58. The van der Waals surface area contributed by atoms with Crippen molar-refractivity contribution in [1.82, 2.24) is 5.32 Å². The monoisotopic (exact) mass is 324 g/mol. The highest BCUT2D eigenvalue weighted by Crippen LogP contribution is 2.16. The first-order valence-electron chi connectivity index (χ1n) is 7.58. The van der Waals surface area contributed by atoms with Gasteiger partial charge in [-0.1, -0.05) is 6.07 Å². The fourth-order valence-electron chi connectivity index (χ4n) is 2.40. The van der Waals surface area contributed by atoms with Crippen LogP contribution < -0.4 is 10.6 Å². The van der Waals surface area contributed by atoms with E-state index in [-0.39, 0.29) is 17.2 Å². The molecule has 1 heterocycles. The van der Waals surface area contributed by atoms with Crippen molar-refractivity contribution in [3.05, 3.63) is 69.8 Å². The van der Waals surface area contributed by atoms with Crippen molar-refractivity contribution in [1.29, 1.82) is 0 Å². The van der Waals surface area contributed by atoms with E-state index in [1.54, 1.807) is 12.1 Å². The Labute approximate surface area is 138 Å². The Kier molecular flexibility index (Phi) is 4.51. The van der Waals surface area contributed by atoms with Gasteiger partial charge in [-0.15, -0.1) is 0 Å². The highest BCUT2D eigenvalue weighted by Gasteiger charge is 2.12. The van der Waals surface area contributed by atoms with Gasteiger partial charge in [0.05, 0.1) is 4.92 Å². The second-order valence-electron chi connectivity index (χ2n) is 5.35. The predicted octanol–water partition coefficient (Wildman–Crippen LogP) is 2.59. The molecule has 0 saturated heterocycles. The number of nitro benzene ring substituents is 1. The molecule has 0 spiro atoms. The van der Waals surface area contributed by atoms with Crippen molar-refractivity contribution >= 4 is 23.1 Å². The van der Waals surface area contributed by atoms with Gasteiger partial charge >= 0.3 is 0 Å². The van der Waals surface area contributed by atoms with Gasteiger partial charge in [0.15, 0.2) is 0 Å². The number of hydrogen-bond acceptors (Lipinski definition) is 5. The fraction of sp³-hybridized carbons (Fsp3) is 0.176. The lowest BCUT2D eigenvalue weighted by Crippen LogP contribution is -2.30. The highest BCUT2D eigenvalue weighted by atomic mass is 16.6. The van der Waals surface area contributed by atoms with E-state index in [2.05, 4.69) is 15.6 Å². The van der Waals surface area contributed by atoms with Crippen LogP contribution in [0.15, 0.2) is 53.5 Å². The van der Waals surface area contributed by atoms with E-state index >= 15 is 0 Å². The first kappa shape index (κ1) is 15.7. The molecule has 0 atom stereocenters. The van der Waals surface area contributed by atoms with Gasteiger partial charge in [0.1, 0.15) is 5.84 Å². The summed E-state index contributed by atoms with van der Waals surface area (Å²) in [4.78, 5) is 26.9. The number of nitrogens with one attached hydrogen (secondary N) is 2. The van der Waals surface area contributed by atoms with Crippen LogP contribution in [0.3, 0.4) is 0 Å². The maximum Gasteiger partial charge on any atom is 0.270 e. The van der Waals surface area contributed by atoms with Gasteiger partial charge in [0.25, 0.3) is 11.6 Å².